The molecule has 2 aliphatic rings. The van der Waals surface area contributed by atoms with Crippen LogP contribution in [-0.4, -0.2) is 33.9 Å². The van der Waals surface area contributed by atoms with E-state index >= 15 is 0 Å². The molecule has 0 radical (unpaired) electrons. The fourth-order valence-corrected chi connectivity index (χ4v) is 2.94. The van der Waals surface area contributed by atoms with Gasteiger partial charge in [0.05, 0.1) is 11.3 Å². The highest BCUT2D eigenvalue weighted by Crippen LogP contribution is 2.38. The zero-order chi connectivity index (χ0) is 14.4. The molecule has 0 amide bonds. The molecule has 1 fully saturated rings. The van der Waals surface area contributed by atoms with Crippen LogP contribution in [0.5, 0.6) is 0 Å². The van der Waals surface area contributed by atoms with Crippen molar-refractivity contribution >= 4 is 23.0 Å². The molecule has 0 bridgehead atoms. The van der Waals surface area contributed by atoms with Gasteiger partial charge < -0.3 is 10.0 Å². The molecule has 0 saturated carbocycles. The number of para-hydroxylation sites is 1. The maximum Gasteiger partial charge on any atom is 0.205 e. The highest BCUT2D eigenvalue weighted by molar-refractivity contribution is 6.28. The van der Waals surface area contributed by atoms with Crippen LogP contribution in [0, 0.1) is 0 Å². The Hall–Kier alpha value is -2.53. The summed E-state index contributed by atoms with van der Waals surface area (Å²) in [7, 11) is 0. The van der Waals surface area contributed by atoms with Crippen LogP contribution in [0.25, 0.3) is 0 Å². The second kappa shape index (κ2) is 4.23. The van der Waals surface area contributed by atoms with E-state index in [2.05, 4.69) is 9.98 Å². The molecule has 3 heterocycles. The number of fused-ring (bicyclic) bond motifs is 2. The van der Waals surface area contributed by atoms with Crippen molar-refractivity contribution in [3.05, 3.63) is 54.4 Å². The molecule has 1 atom stereocenters. The number of hydrogen-bond donors (Lipinski definition) is 1. The van der Waals surface area contributed by atoms with Gasteiger partial charge in [0.1, 0.15) is 5.84 Å². The summed E-state index contributed by atoms with van der Waals surface area (Å²) in [5.74, 6) is 0.103. The summed E-state index contributed by atoms with van der Waals surface area (Å²) in [5.41, 5.74) is 0.347. The van der Waals surface area contributed by atoms with Gasteiger partial charge in [-0.25, -0.2) is 4.99 Å². The summed E-state index contributed by atoms with van der Waals surface area (Å²) in [6.45, 7) is 0.562. The number of rotatable bonds is 1. The van der Waals surface area contributed by atoms with Crippen LogP contribution < -0.4 is 4.90 Å². The monoisotopic (exact) mass is 279 g/mol. The van der Waals surface area contributed by atoms with Crippen molar-refractivity contribution in [2.24, 2.45) is 4.99 Å². The van der Waals surface area contributed by atoms with Gasteiger partial charge >= 0.3 is 0 Å². The van der Waals surface area contributed by atoms with Gasteiger partial charge in [-0.15, -0.1) is 0 Å². The summed E-state index contributed by atoms with van der Waals surface area (Å²) in [6.07, 6.45) is 3.41. The second-order valence-corrected chi connectivity index (χ2v) is 5.25. The summed E-state index contributed by atoms with van der Waals surface area (Å²) in [5, 5.41) is 10.8. The Morgan fingerprint density at radius 2 is 2.00 bits per heavy atom. The van der Waals surface area contributed by atoms with E-state index in [1.807, 2.05) is 35.2 Å². The average molecular weight is 279 g/mol. The van der Waals surface area contributed by atoms with Gasteiger partial charge in [-0.1, -0.05) is 18.2 Å². The van der Waals surface area contributed by atoms with Crippen molar-refractivity contribution in [3.8, 4) is 0 Å². The number of aromatic nitrogens is 1. The minimum absolute atomic E-state index is 0.311. The number of carbonyl (C=O) groups is 1. The predicted molar refractivity (Wildman–Crippen MR) is 79.0 cm³/mol. The third kappa shape index (κ3) is 1.64. The Labute approximate surface area is 121 Å². The normalized spacial score (nSPS) is 23.6. The van der Waals surface area contributed by atoms with Crippen LogP contribution in [0.3, 0.4) is 0 Å². The Kier molecular flexibility index (Phi) is 2.46. The fourth-order valence-electron chi connectivity index (χ4n) is 2.94. The minimum atomic E-state index is -1.54. The summed E-state index contributed by atoms with van der Waals surface area (Å²) in [4.78, 5) is 23.0. The fraction of sp³-hybridized carbons (Fsp3) is 0.188. The second-order valence-electron chi connectivity index (χ2n) is 5.25. The largest absolute Gasteiger partial charge is 0.374 e. The lowest BCUT2D eigenvalue weighted by Gasteiger charge is -2.29. The smallest absolute Gasteiger partial charge is 0.205 e. The topological polar surface area (TPSA) is 65.8 Å². The molecule has 0 spiro atoms. The van der Waals surface area contributed by atoms with Crippen LogP contribution in [-0.2, 0) is 0 Å². The molecular weight excluding hydrogens is 266 g/mol. The number of carbonyl (C=O) groups excluding carboxylic acids is 1. The third-order valence-corrected chi connectivity index (χ3v) is 4.04. The van der Waals surface area contributed by atoms with E-state index in [0.29, 0.717) is 30.1 Å². The molecule has 2 aromatic rings. The standard InChI is InChI=1S/C16H13N3O2/c20-14-12-10-17-8-6-13(12)18-15-16(14,21)7-9-19(15)11-4-2-1-3-5-11/h1-6,8,10,21H,7,9H2. The van der Waals surface area contributed by atoms with E-state index in [4.69, 9.17) is 0 Å². The van der Waals surface area contributed by atoms with Gasteiger partial charge in [0.15, 0.2) is 5.60 Å². The molecule has 1 aromatic heterocycles. The van der Waals surface area contributed by atoms with E-state index in [9.17, 15) is 9.90 Å². The number of ketones is 1. The Morgan fingerprint density at radius 3 is 2.81 bits per heavy atom. The number of benzene rings is 1. The van der Waals surface area contributed by atoms with E-state index in [0.717, 1.165) is 5.69 Å². The molecular formula is C16H13N3O2. The number of pyridine rings is 1. The highest BCUT2D eigenvalue weighted by atomic mass is 16.3. The van der Waals surface area contributed by atoms with Crippen molar-refractivity contribution in [3.63, 3.8) is 0 Å². The van der Waals surface area contributed by atoms with Gasteiger partial charge in [-0.3, -0.25) is 9.78 Å². The average Bonchev–Trinajstić information content (AvgIpc) is 2.87. The van der Waals surface area contributed by atoms with Crippen molar-refractivity contribution in [2.75, 3.05) is 11.4 Å². The lowest BCUT2D eigenvalue weighted by Crippen LogP contribution is -2.48. The van der Waals surface area contributed by atoms with Gasteiger partial charge in [-0.2, -0.15) is 0 Å². The molecule has 1 aromatic carbocycles. The van der Waals surface area contributed by atoms with Crippen LogP contribution in [0.15, 0.2) is 53.8 Å². The highest BCUT2D eigenvalue weighted by Gasteiger charge is 2.52. The maximum atomic E-state index is 12.6. The van der Waals surface area contributed by atoms with Gasteiger partial charge in [-0.05, 0) is 18.2 Å². The molecule has 0 aliphatic carbocycles. The Morgan fingerprint density at radius 1 is 1.19 bits per heavy atom. The van der Waals surface area contributed by atoms with Crippen molar-refractivity contribution in [2.45, 2.75) is 12.0 Å². The number of aliphatic imine (C=N–C) groups is 1. The van der Waals surface area contributed by atoms with E-state index in [1.54, 1.807) is 12.3 Å². The molecule has 1 unspecified atom stereocenters. The Balaban J connectivity index is 1.88. The van der Waals surface area contributed by atoms with Gasteiger partial charge in [0.2, 0.25) is 5.78 Å². The molecule has 1 N–H and O–H groups in total. The molecule has 5 heteroatoms. The molecule has 2 aliphatic heterocycles. The summed E-state index contributed by atoms with van der Waals surface area (Å²) >= 11 is 0. The molecule has 1 saturated heterocycles. The zero-order valence-corrected chi connectivity index (χ0v) is 11.2. The number of aliphatic hydroxyl groups is 1. The number of nitrogens with zero attached hydrogens (tertiary/aromatic N) is 3. The van der Waals surface area contributed by atoms with Crippen molar-refractivity contribution in [1.82, 2.24) is 4.98 Å². The zero-order valence-electron chi connectivity index (χ0n) is 11.2. The molecule has 4 rings (SSSR count). The number of anilines is 1. The van der Waals surface area contributed by atoms with E-state index in [1.165, 1.54) is 6.20 Å². The predicted octanol–water partition coefficient (Wildman–Crippen LogP) is 1.95. The van der Waals surface area contributed by atoms with Crippen LogP contribution in [0.4, 0.5) is 11.4 Å². The Bertz CT molecular complexity index is 757. The lowest BCUT2D eigenvalue weighted by atomic mass is 9.88. The van der Waals surface area contributed by atoms with Crippen LogP contribution >= 0.6 is 0 Å². The van der Waals surface area contributed by atoms with Crippen LogP contribution in [0.2, 0.25) is 0 Å². The number of Topliss-reactive ketones (excluding diaryl/α,β-unsaturated/α-hetero) is 1. The van der Waals surface area contributed by atoms with Crippen molar-refractivity contribution < 1.29 is 9.90 Å². The summed E-state index contributed by atoms with van der Waals surface area (Å²) < 4.78 is 0. The van der Waals surface area contributed by atoms with Gasteiger partial charge in [0, 0.05) is 31.0 Å². The van der Waals surface area contributed by atoms with Crippen LogP contribution in [0.1, 0.15) is 16.8 Å². The first kappa shape index (κ1) is 12.2. The molecule has 5 nitrogen and oxygen atoms in total. The van der Waals surface area contributed by atoms with E-state index < -0.39 is 5.60 Å². The third-order valence-electron chi connectivity index (χ3n) is 4.04. The van der Waals surface area contributed by atoms with Gasteiger partial charge in [0.25, 0.3) is 0 Å². The first-order valence-electron chi connectivity index (χ1n) is 6.83. The minimum Gasteiger partial charge on any atom is -0.374 e. The first-order chi connectivity index (χ1) is 10.2. The maximum absolute atomic E-state index is 12.6. The molecule has 21 heavy (non-hydrogen) atoms. The number of amidine groups is 1. The number of hydrogen-bond acceptors (Lipinski definition) is 5. The molecule has 104 valence electrons. The summed E-state index contributed by atoms with van der Waals surface area (Å²) in [6, 6.07) is 11.4. The van der Waals surface area contributed by atoms with E-state index in [-0.39, 0.29) is 5.78 Å². The first-order valence-corrected chi connectivity index (χ1v) is 6.83. The quantitative estimate of drug-likeness (QED) is 0.866. The lowest BCUT2D eigenvalue weighted by molar-refractivity contribution is 0.0601. The SMILES string of the molecule is O=C1c2cnccc2N=C2N(c3ccccc3)CCC12O. The van der Waals surface area contributed by atoms with Crippen molar-refractivity contribution in [1.29, 1.82) is 0 Å².